The number of aromatic nitrogens is 1. The molecule has 1 fully saturated rings. The highest BCUT2D eigenvalue weighted by Gasteiger charge is 2.42. The van der Waals surface area contributed by atoms with E-state index in [4.69, 9.17) is 16.6 Å². The zero-order valence-corrected chi connectivity index (χ0v) is 23.4. The van der Waals surface area contributed by atoms with Crippen LogP contribution in [0.3, 0.4) is 0 Å². The monoisotopic (exact) mass is 592 g/mol. The van der Waals surface area contributed by atoms with Gasteiger partial charge in [-0.1, -0.05) is 35.8 Å². The first-order valence-electron chi connectivity index (χ1n) is 12.2. The van der Waals surface area contributed by atoms with Gasteiger partial charge in [-0.3, -0.25) is 9.78 Å². The van der Waals surface area contributed by atoms with Gasteiger partial charge in [0.15, 0.2) is 5.11 Å². The molecule has 6 nitrogen and oxygen atoms in total. The van der Waals surface area contributed by atoms with E-state index >= 15 is 0 Å². The normalized spacial score (nSPS) is 17.1. The number of carbonyl (C=O) groups is 1. The number of carbonyl (C=O) groups excluding carboxylic acids is 1. The van der Waals surface area contributed by atoms with Gasteiger partial charge in [-0.15, -0.1) is 0 Å². The average molecular weight is 594 g/mol. The summed E-state index contributed by atoms with van der Waals surface area (Å²) >= 11 is 9.11. The number of pyridine rings is 1. The SMILES string of the molecule is Cc1cc(N2C(=S)N[C@@H](c3ccccn3)[C@H]2c2ccc(-c3ccc(Br)cc3F)o2)ccc1NC(=O)C(C)C. The largest absolute Gasteiger partial charge is 0.459 e. The van der Waals surface area contributed by atoms with E-state index in [1.807, 2.05) is 68.1 Å². The zero-order valence-electron chi connectivity index (χ0n) is 21.0. The number of hydrogen-bond donors (Lipinski definition) is 2. The Morgan fingerprint density at radius 2 is 1.97 bits per heavy atom. The Morgan fingerprint density at radius 3 is 2.66 bits per heavy atom. The first kappa shape index (κ1) is 26.1. The highest BCUT2D eigenvalue weighted by atomic mass is 79.9. The van der Waals surface area contributed by atoms with E-state index in [0.717, 1.165) is 22.6 Å². The predicted molar refractivity (Wildman–Crippen MR) is 154 cm³/mol. The van der Waals surface area contributed by atoms with Gasteiger partial charge < -0.3 is 20.0 Å². The number of amides is 1. The molecular formula is C29H26BrFN4O2S. The molecule has 2 aromatic carbocycles. The molecular weight excluding hydrogens is 567 g/mol. The standard InChI is InChI=1S/C29H26BrFN4O2S/c1-16(2)28(36)33-22-10-8-19(14-17(22)3)35-27(26(34-29(35)38)23-6-4-5-13-32-23)25-12-11-24(37-25)20-9-7-18(30)15-21(20)31/h4-16,26-27H,1-3H3,(H,33,36)(H,34,38)/t26-,27+/m0/s1. The van der Waals surface area contributed by atoms with E-state index in [0.29, 0.717) is 26.7 Å². The zero-order chi connectivity index (χ0) is 27.0. The fourth-order valence-corrected chi connectivity index (χ4v) is 5.16. The summed E-state index contributed by atoms with van der Waals surface area (Å²) in [5.41, 5.74) is 3.65. The Balaban J connectivity index is 1.56. The van der Waals surface area contributed by atoms with E-state index in [2.05, 4.69) is 31.5 Å². The maximum Gasteiger partial charge on any atom is 0.226 e. The van der Waals surface area contributed by atoms with Crippen LogP contribution in [0.2, 0.25) is 0 Å². The summed E-state index contributed by atoms with van der Waals surface area (Å²) in [6.07, 6.45) is 1.74. The minimum Gasteiger partial charge on any atom is -0.459 e. The number of nitrogens with one attached hydrogen (secondary N) is 2. The van der Waals surface area contributed by atoms with E-state index in [1.54, 1.807) is 24.4 Å². The molecule has 2 atom stereocenters. The molecule has 2 N–H and O–H groups in total. The van der Waals surface area contributed by atoms with Crippen LogP contribution in [0.5, 0.6) is 0 Å². The molecule has 0 saturated carbocycles. The molecule has 1 amide bonds. The van der Waals surface area contributed by atoms with Crippen molar-refractivity contribution in [3.05, 3.63) is 100 Å². The number of nitrogens with zero attached hydrogens (tertiary/aromatic N) is 2. The molecule has 0 radical (unpaired) electrons. The van der Waals surface area contributed by atoms with Gasteiger partial charge in [0.1, 0.15) is 23.4 Å². The van der Waals surface area contributed by atoms with Crippen LogP contribution >= 0.6 is 28.1 Å². The molecule has 2 aromatic heterocycles. The van der Waals surface area contributed by atoms with Gasteiger partial charge in [-0.2, -0.15) is 0 Å². The van der Waals surface area contributed by atoms with Crippen LogP contribution < -0.4 is 15.5 Å². The first-order valence-corrected chi connectivity index (χ1v) is 13.4. The van der Waals surface area contributed by atoms with E-state index < -0.39 is 0 Å². The Labute approximate surface area is 234 Å². The van der Waals surface area contributed by atoms with Crippen LogP contribution in [-0.4, -0.2) is 16.0 Å². The van der Waals surface area contributed by atoms with Crippen LogP contribution in [0, 0.1) is 18.7 Å². The molecule has 5 rings (SSSR count). The van der Waals surface area contributed by atoms with Crippen LogP contribution in [0.4, 0.5) is 15.8 Å². The number of halogens is 2. The minimum absolute atomic E-state index is 0.0457. The van der Waals surface area contributed by atoms with Crippen molar-refractivity contribution in [2.45, 2.75) is 32.9 Å². The number of aryl methyl sites for hydroxylation is 1. The topological polar surface area (TPSA) is 70.4 Å². The average Bonchev–Trinajstić information content (AvgIpc) is 3.50. The molecule has 1 saturated heterocycles. The lowest BCUT2D eigenvalue weighted by Crippen LogP contribution is -2.29. The van der Waals surface area contributed by atoms with Gasteiger partial charge in [-0.05, 0) is 85.4 Å². The smallest absolute Gasteiger partial charge is 0.226 e. The molecule has 1 aliphatic heterocycles. The second-order valence-corrected chi connectivity index (χ2v) is 10.8. The Kier molecular flexibility index (Phi) is 7.32. The lowest BCUT2D eigenvalue weighted by Gasteiger charge is -2.27. The molecule has 0 aliphatic carbocycles. The Morgan fingerprint density at radius 1 is 1.16 bits per heavy atom. The van der Waals surface area contributed by atoms with Crippen LogP contribution in [0.15, 0.2) is 81.8 Å². The highest BCUT2D eigenvalue weighted by molar-refractivity contribution is 9.10. The second-order valence-electron chi connectivity index (χ2n) is 9.47. The lowest BCUT2D eigenvalue weighted by molar-refractivity contribution is -0.118. The van der Waals surface area contributed by atoms with E-state index in [1.165, 1.54) is 6.07 Å². The summed E-state index contributed by atoms with van der Waals surface area (Å²) in [5, 5.41) is 6.89. The number of benzene rings is 2. The number of thiocarbonyl (C=S) groups is 1. The van der Waals surface area contributed by atoms with Crippen LogP contribution in [0.25, 0.3) is 11.3 Å². The van der Waals surface area contributed by atoms with Crippen molar-refractivity contribution in [2.24, 2.45) is 5.92 Å². The molecule has 0 spiro atoms. The van der Waals surface area contributed by atoms with Crippen LogP contribution in [-0.2, 0) is 4.79 Å². The number of furan rings is 1. The van der Waals surface area contributed by atoms with Crippen molar-refractivity contribution >= 4 is 50.5 Å². The van der Waals surface area contributed by atoms with Gasteiger partial charge in [-0.25, -0.2) is 4.39 Å². The summed E-state index contributed by atoms with van der Waals surface area (Å²) in [7, 11) is 0. The van der Waals surface area contributed by atoms with Crippen molar-refractivity contribution in [1.82, 2.24) is 10.3 Å². The minimum atomic E-state index is -0.389. The first-order chi connectivity index (χ1) is 18.2. The number of anilines is 2. The molecule has 4 aromatic rings. The quantitative estimate of drug-likeness (QED) is 0.228. The summed E-state index contributed by atoms with van der Waals surface area (Å²) in [4.78, 5) is 18.8. The van der Waals surface area contributed by atoms with Gasteiger partial charge >= 0.3 is 0 Å². The molecule has 0 unspecified atom stereocenters. The fourth-order valence-electron chi connectivity index (χ4n) is 4.48. The van der Waals surface area contributed by atoms with Gasteiger partial charge in [0.2, 0.25) is 5.91 Å². The van der Waals surface area contributed by atoms with E-state index in [-0.39, 0.29) is 29.7 Å². The Hall–Kier alpha value is -3.56. The van der Waals surface area contributed by atoms with Crippen molar-refractivity contribution in [2.75, 3.05) is 10.2 Å². The molecule has 9 heteroatoms. The maximum atomic E-state index is 14.7. The number of hydrogen-bond acceptors (Lipinski definition) is 4. The highest BCUT2D eigenvalue weighted by Crippen LogP contribution is 2.43. The second kappa shape index (κ2) is 10.7. The third kappa shape index (κ3) is 5.08. The third-order valence-corrected chi connectivity index (χ3v) is 7.29. The van der Waals surface area contributed by atoms with Gasteiger partial charge in [0.25, 0.3) is 0 Å². The molecule has 0 bridgehead atoms. The van der Waals surface area contributed by atoms with E-state index in [9.17, 15) is 9.18 Å². The summed E-state index contributed by atoms with van der Waals surface area (Å²) in [6.45, 7) is 5.65. The van der Waals surface area contributed by atoms with Gasteiger partial charge in [0.05, 0.1) is 17.3 Å². The van der Waals surface area contributed by atoms with Crippen molar-refractivity contribution in [1.29, 1.82) is 0 Å². The predicted octanol–water partition coefficient (Wildman–Crippen LogP) is 7.32. The van der Waals surface area contributed by atoms with Crippen molar-refractivity contribution in [3.8, 4) is 11.3 Å². The summed E-state index contributed by atoms with van der Waals surface area (Å²) < 4.78 is 21.6. The summed E-state index contributed by atoms with van der Waals surface area (Å²) in [6, 6.07) is 19.3. The van der Waals surface area contributed by atoms with Crippen molar-refractivity contribution in [3.63, 3.8) is 0 Å². The number of rotatable bonds is 6. The van der Waals surface area contributed by atoms with Gasteiger partial charge in [0, 0.05) is 28.0 Å². The summed E-state index contributed by atoms with van der Waals surface area (Å²) in [5.74, 6) is 0.478. The van der Waals surface area contributed by atoms with Crippen molar-refractivity contribution < 1.29 is 13.6 Å². The molecule has 1 aliphatic rings. The molecule has 3 heterocycles. The van der Waals surface area contributed by atoms with Crippen LogP contribution in [0.1, 0.15) is 42.9 Å². The molecule has 194 valence electrons. The lowest BCUT2D eigenvalue weighted by atomic mass is 10.0. The fraction of sp³-hybridized carbons (Fsp3) is 0.207. The molecule has 38 heavy (non-hydrogen) atoms. The maximum absolute atomic E-state index is 14.7. The third-order valence-electron chi connectivity index (χ3n) is 6.48. The Bertz CT molecular complexity index is 1510.